The number of non-ortho nitro benzene ring substituents is 1. The van der Waals surface area contributed by atoms with Crippen molar-refractivity contribution in [2.75, 3.05) is 28.3 Å². The molecule has 2 aromatic carbocycles. The number of anilines is 3. The third kappa shape index (κ3) is 4.94. The van der Waals surface area contributed by atoms with Crippen molar-refractivity contribution >= 4 is 46.3 Å². The first-order valence-electron chi connectivity index (χ1n) is 12.3. The maximum atomic E-state index is 13.9. The van der Waals surface area contributed by atoms with Crippen molar-refractivity contribution in [3.05, 3.63) is 86.6 Å². The summed E-state index contributed by atoms with van der Waals surface area (Å²) in [6.07, 6.45) is -4.76. The molecule has 3 aromatic rings. The van der Waals surface area contributed by atoms with Gasteiger partial charge in [0, 0.05) is 50.3 Å². The largest absolute Gasteiger partial charge is 0.416 e. The third-order valence-electron chi connectivity index (χ3n) is 7.15. The van der Waals surface area contributed by atoms with E-state index in [4.69, 9.17) is 11.6 Å². The van der Waals surface area contributed by atoms with Gasteiger partial charge in [-0.05, 0) is 36.8 Å². The number of pyridine rings is 1. The normalized spacial score (nSPS) is 19.3. The predicted octanol–water partition coefficient (Wildman–Crippen LogP) is 5.38. The van der Waals surface area contributed by atoms with E-state index in [1.807, 2.05) is 4.90 Å². The molecule has 9 nitrogen and oxygen atoms in total. The Labute approximate surface area is 231 Å². The monoisotopic (exact) mass is 573 g/mol. The molecular weight excluding hydrogens is 551 g/mol. The minimum atomic E-state index is -4.66. The standard InChI is InChI=1S/C27H23ClF3N5O4/c1-15-10-18(27(29,30)31)12-22(32-15)35-23(37)11-17-14-34(13-16-6-8-19(9-7-16)36(39)40)25-20(28)4-3-5-21(25)33(2)26(38)24(17)35/h3-10,12,17,24H,11,13-14H2,1-2H3/t17-,24+/m1/s1. The molecule has 3 heterocycles. The average Bonchev–Trinajstić information content (AvgIpc) is 3.21. The molecule has 1 saturated heterocycles. The number of halogens is 4. The summed E-state index contributed by atoms with van der Waals surface area (Å²) in [4.78, 5) is 46.3. The van der Waals surface area contributed by atoms with Gasteiger partial charge in [0.25, 0.3) is 5.69 Å². The molecule has 0 radical (unpaired) electrons. The summed E-state index contributed by atoms with van der Waals surface area (Å²) < 4.78 is 40.8. The molecule has 0 spiro atoms. The van der Waals surface area contributed by atoms with Crippen molar-refractivity contribution in [3.63, 3.8) is 0 Å². The summed E-state index contributed by atoms with van der Waals surface area (Å²) in [5, 5.41) is 11.5. The van der Waals surface area contributed by atoms with Gasteiger partial charge in [0.1, 0.15) is 11.9 Å². The van der Waals surface area contributed by atoms with E-state index < -0.39 is 40.4 Å². The molecular formula is C27H23ClF3N5O4. The van der Waals surface area contributed by atoms with E-state index in [1.54, 1.807) is 30.3 Å². The van der Waals surface area contributed by atoms with Gasteiger partial charge in [0.05, 0.1) is 26.9 Å². The number of aromatic nitrogens is 1. The first-order chi connectivity index (χ1) is 18.8. The molecule has 2 aliphatic rings. The summed E-state index contributed by atoms with van der Waals surface area (Å²) in [6, 6.07) is 11.6. The minimum Gasteiger partial charge on any atom is -0.364 e. The number of nitro groups is 1. The fraction of sp³-hybridized carbons (Fsp3) is 0.296. The van der Waals surface area contributed by atoms with E-state index >= 15 is 0 Å². The predicted molar refractivity (Wildman–Crippen MR) is 142 cm³/mol. The maximum absolute atomic E-state index is 13.9. The Hall–Kier alpha value is -4.19. The van der Waals surface area contributed by atoms with Crippen molar-refractivity contribution in [2.24, 2.45) is 5.92 Å². The lowest BCUT2D eigenvalue weighted by molar-refractivity contribution is -0.384. The van der Waals surface area contributed by atoms with E-state index in [9.17, 15) is 32.9 Å². The number of para-hydroxylation sites is 1. The lowest BCUT2D eigenvalue weighted by atomic mass is 9.95. The number of likely N-dealkylation sites (N-methyl/N-ethyl adjacent to an activating group) is 1. The quantitative estimate of drug-likeness (QED) is 0.307. The SMILES string of the molecule is Cc1cc(C(F)(F)F)cc(N2C(=O)C[C@@H]3CN(Cc4ccc([N+](=O)[O-])cc4)c4c(Cl)cccc4N(C)C(=O)[C@H]32)n1. The molecule has 1 aromatic heterocycles. The van der Waals surface area contributed by atoms with Gasteiger partial charge >= 0.3 is 6.18 Å². The smallest absolute Gasteiger partial charge is 0.364 e. The molecule has 0 aliphatic carbocycles. The molecule has 1 fully saturated rings. The van der Waals surface area contributed by atoms with Crippen molar-refractivity contribution in [1.29, 1.82) is 0 Å². The van der Waals surface area contributed by atoms with Crippen LogP contribution in [-0.2, 0) is 22.3 Å². The van der Waals surface area contributed by atoms with Crippen LogP contribution < -0.4 is 14.7 Å². The number of nitrogens with zero attached hydrogens (tertiary/aromatic N) is 5. The third-order valence-corrected chi connectivity index (χ3v) is 7.45. The molecule has 208 valence electrons. The van der Waals surface area contributed by atoms with Crippen LogP contribution in [0.25, 0.3) is 0 Å². The van der Waals surface area contributed by atoms with Crippen molar-refractivity contribution in [2.45, 2.75) is 32.1 Å². The minimum absolute atomic E-state index is 0.0599. The first-order valence-corrected chi connectivity index (χ1v) is 12.6. The summed E-state index contributed by atoms with van der Waals surface area (Å²) in [5.41, 5.74) is 0.737. The fourth-order valence-corrected chi connectivity index (χ4v) is 5.64. The highest BCUT2D eigenvalue weighted by Crippen LogP contribution is 2.43. The number of rotatable bonds is 4. The van der Waals surface area contributed by atoms with Crippen molar-refractivity contribution < 1.29 is 27.7 Å². The molecule has 2 atom stereocenters. The van der Waals surface area contributed by atoms with Crippen molar-refractivity contribution in [3.8, 4) is 0 Å². The number of hydrogen-bond acceptors (Lipinski definition) is 6. The van der Waals surface area contributed by atoms with Crippen LogP contribution in [0.3, 0.4) is 0 Å². The number of nitro benzene ring substituents is 1. The fourth-order valence-electron chi connectivity index (χ4n) is 5.35. The van der Waals surface area contributed by atoms with E-state index in [0.29, 0.717) is 16.4 Å². The lowest BCUT2D eigenvalue weighted by Crippen LogP contribution is -2.52. The summed E-state index contributed by atoms with van der Waals surface area (Å²) in [5.74, 6) is -1.84. The highest BCUT2D eigenvalue weighted by atomic mass is 35.5. The molecule has 40 heavy (non-hydrogen) atoms. The Balaban J connectivity index is 1.59. The topological polar surface area (TPSA) is 99.9 Å². The summed E-state index contributed by atoms with van der Waals surface area (Å²) in [7, 11) is 1.52. The zero-order valence-electron chi connectivity index (χ0n) is 21.4. The second kappa shape index (κ2) is 10.1. The number of benzene rings is 2. The van der Waals surface area contributed by atoms with Crippen LogP contribution in [0.2, 0.25) is 5.02 Å². The van der Waals surface area contributed by atoms with E-state index in [1.165, 1.54) is 31.0 Å². The molecule has 5 rings (SSSR count). The summed E-state index contributed by atoms with van der Waals surface area (Å²) in [6.45, 7) is 1.81. The Morgan fingerprint density at radius 2 is 1.82 bits per heavy atom. The Bertz CT molecular complexity index is 1510. The second-order valence-corrected chi connectivity index (χ2v) is 10.2. The Kier molecular flexibility index (Phi) is 6.90. The number of alkyl halides is 3. The van der Waals surface area contributed by atoms with E-state index in [-0.39, 0.29) is 36.7 Å². The Morgan fingerprint density at radius 3 is 2.48 bits per heavy atom. The average molecular weight is 574 g/mol. The molecule has 0 saturated carbocycles. The number of hydrogen-bond donors (Lipinski definition) is 0. The van der Waals surface area contributed by atoms with E-state index in [2.05, 4.69) is 4.98 Å². The van der Waals surface area contributed by atoms with Crippen LogP contribution in [0.4, 0.5) is 36.1 Å². The highest BCUT2D eigenvalue weighted by Gasteiger charge is 2.49. The molecule has 0 N–H and O–H groups in total. The molecule has 13 heteroatoms. The van der Waals surface area contributed by atoms with Crippen LogP contribution in [0.1, 0.15) is 23.2 Å². The lowest BCUT2D eigenvalue weighted by Gasteiger charge is -2.39. The van der Waals surface area contributed by atoms with Crippen LogP contribution in [0.5, 0.6) is 0 Å². The van der Waals surface area contributed by atoms with E-state index in [0.717, 1.165) is 22.6 Å². The Morgan fingerprint density at radius 1 is 1.12 bits per heavy atom. The van der Waals surface area contributed by atoms with Gasteiger partial charge in [-0.15, -0.1) is 0 Å². The van der Waals surface area contributed by atoms with Gasteiger partial charge in [-0.25, -0.2) is 4.98 Å². The van der Waals surface area contributed by atoms with Gasteiger partial charge in [-0.1, -0.05) is 29.8 Å². The number of amides is 2. The number of carbonyl (C=O) groups is 2. The van der Waals surface area contributed by atoms with Crippen LogP contribution in [-0.4, -0.2) is 41.4 Å². The first kappa shape index (κ1) is 27.4. The number of aryl methyl sites for hydroxylation is 1. The van der Waals surface area contributed by atoms with Gasteiger partial charge in [0.2, 0.25) is 11.8 Å². The summed E-state index contributed by atoms with van der Waals surface area (Å²) >= 11 is 6.62. The molecule has 0 unspecified atom stereocenters. The van der Waals surface area contributed by atoms with Gasteiger partial charge < -0.3 is 9.80 Å². The molecule has 0 bridgehead atoms. The molecule has 2 amide bonds. The zero-order valence-corrected chi connectivity index (χ0v) is 22.1. The van der Waals surface area contributed by atoms with Gasteiger partial charge in [-0.2, -0.15) is 13.2 Å². The maximum Gasteiger partial charge on any atom is 0.416 e. The van der Waals surface area contributed by atoms with Crippen molar-refractivity contribution in [1.82, 2.24) is 4.98 Å². The number of fused-ring (bicyclic) bond motifs is 2. The van der Waals surface area contributed by atoms with Crippen LogP contribution >= 0.6 is 11.6 Å². The second-order valence-electron chi connectivity index (χ2n) is 9.83. The van der Waals surface area contributed by atoms with Crippen LogP contribution in [0, 0.1) is 23.0 Å². The van der Waals surface area contributed by atoms with Gasteiger partial charge in [0.15, 0.2) is 0 Å². The highest BCUT2D eigenvalue weighted by molar-refractivity contribution is 6.34. The number of carbonyl (C=O) groups excluding carboxylic acids is 2. The molecule has 2 aliphatic heterocycles. The van der Waals surface area contributed by atoms with Gasteiger partial charge in [-0.3, -0.25) is 24.6 Å². The zero-order chi connectivity index (χ0) is 28.9. The van der Waals surface area contributed by atoms with Crippen LogP contribution in [0.15, 0.2) is 54.6 Å².